The van der Waals surface area contributed by atoms with Gasteiger partial charge < -0.3 is 18.9 Å². The van der Waals surface area contributed by atoms with Gasteiger partial charge in [0.05, 0.1) is 5.69 Å². The summed E-state index contributed by atoms with van der Waals surface area (Å²) in [6.07, 6.45) is 10.8. The van der Waals surface area contributed by atoms with Crippen LogP contribution in [-0.2, 0) is 14.8 Å². The molecule has 0 radical (unpaired) electrons. The van der Waals surface area contributed by atoms with Gasteiger partial charge in [0.25, 0.3) is 0 Å². The lowest BCUT2D eigenvalue weighted by Crippen LogP contribution is -2.36. The van der Waals surface area contributed by atoms with Gasteiger partial charge in [0.1, 0.15) is 17.7 Å². The smallest absolute Gasteiger partial charge is 0.122 e. The lowest BCUT2D eigenvalue weighted by molar-refractivity contribution is 0.307. The van der Waals surface area contributed by atoms with E-state index in [0.717, 1.165) is 35.5 Å². The number of aliphatic hydroxyl groups excluding tert-OH is 1. The van der Waals surface area contributed by atoms with Gasteiger partial charge in [-0.25, -0.2) is 4.39 Å². The van der Waals surface area contributed by atoms with Gasteiger partial charge in [-0.3, -0.25) is 15.3 Å². The molecule has 2 fully saturated rings. The summed E-state index contributed by atoms with van der Waals surface area (Å²) in [6.45, 7) is 2.63. The van der Waals surface area contributed by atoms with E-state index in [1.54, 1.807) is 16.7 Å². The average molecular weight is 445 g/mol. The van der Waals surface area contributed by atoms with Crippen molar-refractivity contribution in [1.82, 2.24) is 24.9 Å². The maximum absolute atomic E-state index is 15.5. The van der Waals surface area contributed by atoms with Crippen molar-refractivity contribution in [1.29, 1.82) is 0 Å². The van der Waals surface area contributed by atoms with E-state index in [1.165, 1.54) is 6.92 Å². The molecule has 166 valence electrons. The summed E-state index contributed by atoms with van der Waals surface area (Å²) in [6, 6.07) is 0. The number of aromatic nitrogens is 2. The maximum atomic E-state index is 15.5. The van der Waals surface area contributed by atoms with Crippen LogP contribution < -0.4 is 10.6 Å². The van der Waals surface area contributed by atoms with E-state index in [0.29, 0.717) is 13.1 Å². The minimum atomic E-state index is -1.47. The molecule has 1 aromatic heterocycles. The van der Waals surface area contributed by atoms with Crippen molar-refractivity contribution in [2.24, 2.45) is 23.7 Å². The third kappa shape index (κ3) is 3.63. The molecule has 0 amide bonds. The lowest BCUT2D eigenvalue weighted by atomic mass is 9.86. The maximum Gasteiger partial charge on any atom is 0.122 e. The molecule has 2 aliphatic carbocycles. The van der Waals surface area contributed by atoms with E-state index in [1.807, 2.05) is 19.2 Å². The molecule has 4 aliphatic rings. The van der Waals surface area contributed by atoms with Crippen molar-refractivity contribution in [2.45, 2.75) is 25.9 Å². The van der Waals surface area contributed by atoms with Crippen LogP contribution in [0.2, 0.25) is 0 Å². The molecule has 1 aromatic rings. The minimum Gasteiger partial charge on any atom is -0.445 e. The number of fused-ring (bicyclic) bond motifs is 2. The molecule has 5 rings (SSSR count). The number of allylic oxidation sites excluding steroid dienone is 5. The third-order valence-corrected chi connectivity index (χ3v) is 8.14. The van der Waals surface area contributed by atoms with Crippen molar-refractivity contribution in [2.75, 3.05) is 20.1 Å². The largest absolute Gasteiger partial charge is 0.445 e. The second-order valence-corrected chi connectivity index (χ2v) is 10.2. The molecule has 0 spiro atoms. The van der Waals surface area contributed by atoms with E-state index in [-0.39, 0.29) is 40.7 Å². The molecule has 31 heavy (non-hydrogen) atoms. The van der Waals surface area contributed by atoms with Crippen LogP contribution in [0.3, 0.4) is 0 Å². The van der Waals surface area contributed by atoms with Crippen LogP contribution in [0.5, 0.6) is 0 Å². The van der Waals surface area contributed by atoms with Gasteiger partial charge in [-0.2, -0.15) is 10.6 Å². The van der Waals surface area contributed by atoms with Gasteiger partial charge >= 0.3 is 0 Å². The van der Waals surface area contributed by atoms with Gasteiger partial charge in [0.15, 0.2) is 0 Å². The van der Waals surface area contributed by atoms with Crippen LogP contribution in [0.4, 0.5) is 4.39 Å². The molecule has 1 saturated heterocycles. The zero-order valence-electron chi connectivity index (χ0n) is 17.6. The molecular weight excluding hydrogens is 417 g/mol. The number of nitrogens with one attached hydrogen (secondary N) is 2. The molecule has 1 saturated carbocycles. The Labute approximate surface area is 183 Å². The van der Waals surface area contributed by atoms with Crippen molar-refractivity contribution < 1.29 is 13.7 Å². The number of nitrogens with zero attached hydrogens (tertiary/aromatic N) is 3. The topological polar surface area (TPSA) is 90.4 Å². The molecular formula is C22H27FN5O2S-. The summed E-state index contributed by atoms with van der Waals surface area (Å²) in [4.78, 5) is 8.87. The zero-order chi connectivity index (χ0) is 21.7. The number of hydrogen-bond acceptors (Lipinski definition) is 6. The predicted molar refractivity (Wildman–Crippen MR) is 118 cm³/mol. The first-order valence-electron chi connectivity index (χ1n) is 10.7. The summed E-state index contributed by atoms with van der Waals surface area (Å²) in [5.41, 5.74) is 3.47. The Balaban J connectivity index is 1.34. The Kier molecular flexibility index (Phi) is 5.45. The summed E-state index contributed by atoms with van der Waals surface area (Å²) < 4.78 is 29.4. The highest BCUT2D eigenvalue weighted by Gasteiger charge is 2.56. The third-order valence-electron chi connectivity index (χ3n) is 6.80. The summed E-state index contributed by atoms with van der Waals surface area (Å²) in [7, 11) is 0.396. The summed E-state index contributed by atoms with van der Waals surface area (Å²) in [5.74, 6) is 0.234. The number of hydrogen-bond donors (Lipinski definition) is 3. The Hall–Kier alpha value is -2.07. The van der Waals surface area contributed by atoms with Crippen LogP contribution >= 0.6 is 0 Å². The summed E-state index contributed by atoms with van der Waals surface area (Å²) in [5, 5.41) is 16.1. The molecule has 4 atom stereocenters. The first-order valence-corrected chi connectivity index (χ1v) is 11.8. The van der Waals surface area contributed by atoms with Crippen LogP contribution in [0, 0.1) is 23.7 Å². The lowest BCUT2D eigenvalue weighted by Gasteiger charge is -2.37. The predicted octanol–water partition coefficient (Wildman–Crippen LogP) is 2.59. The number of aliphatic hydroxyl groups is 1. The molecule has 3 heterocycles. The Morgan fingerprint density at radius 1 is 1.29 bits per heavy atom. The normalized spacial score (nSPS) is 32.0. The van der Waals surface area contributed by atoms with Crippen molar-refractivity contribution in [3.8, 4) is 0 Å². The van der Waals surface area contributed by atoms with E-state index >= 15 is 4.39 Å². The number of piperidine rings is 1. The first-order chi connectivity index (χ1) is 15.0. The van der Waals surface area contributed by atoms with Gasteiger partial charge in [-0.1, -0.05) is 12.2 Å². The van der Waals surface area contributed by atoms with Crippen LogP contribution in [-0.4, -0.2) is 44.6 Å². The molecule has 9 heteroatoms. The first kappa shape index (κ1) is 20.8. The van der Waals surface area contributed by atoms with Gasteiger partial charge in [0, 0.05) is 29.9 Å². The van der Waals surface area contributed by atoms with Gasteiger partial charge in [-0.05, 0) is 68.4 Å². The second kappa shape index (κ2) is 8.12. The van der Waals surface area contributed by atoms with E-state index in [4.69, 9.17) is 0 Å². The van der Waals surface area contributed by atoms with Gasteiger partial charge in [-0.15, -0.1) is 0 Å². The highest BCUT2D eigenvalue weighted by atomic mass is 32.2. The molecule has 3 N–H and O–H groups in total. The van der Waals surface area contributed by atoms with Crippen LogP contribution in [0.1, 0.15) is 37.3 Å². The second-order valence-electron chi connectivity index (χ2n) is 8.56. The fourth-order valence-corrected chi connectivity index (χ4v) is 6.07. The zero-order valence-corrected chi connectivity index (χ0v) is 18.4. The quantitative estimate of drug-likeness (QED) is 0.489. The van der Waals surface area contributed by atoms with Gasteiger partial charge in [0.2, 0.25) is 0 Å². The highest BCUT2D eigenvalue weighted by molar-refractivity contribution is 7.82. The number of rotatable bonds is 4. The molecule has 7 nitrogen and oxygen atoms in total. The molecule has 0 aromatic carbocycles. The molecule has 2 aliphatic heterocycles. The fourth-order valence-electron chi connectivity index (χ4n) is 5.16. The Morgan fingerprint density at radius 3 is 2.74 bits per heavy atom. The Bertz CT molecular complexity index is 1070. The fraction of sp³-hybridized carbons (Fsp3) is 0.500. The highest BCUT2D eigenvalue weighted by Crippen LogP contribution is 2.60. The van der Waals surface area contributed by atoms with E-state index in [2.05, 4.69) is 26.7 Å². The Morgan fingerprint density at radius 2 is 2.03 bits per heavy atom. The average Bonchev–Trinajstić information content (AvgIpc) is 3.53. The SMILES string of the molecule is CNC1NC(C2C3C=CC(C4CCN([S-](=O)=C(C)O)CC4)=C(F)C32)=Cc2nccnc21. The molecule has 0 bridgehead atoms. The summed E-state index contributed by atoms with van der Waals surface area (Å²) >= 11 is 0. The van der Waals surface area contributed by atoms with E-state index < -0.39 is 10.6 Å². The van der Waals surface area contributed by atoms with Crippen LogP contribution in [0.25, 0.3) is 6.08 Å². The molecule has 4 unspecified atom stereocenters. The van der Waals surface area contributed by atoms with Crippen LogP contribution in [0.15, 0.2) is 41.6 Å². The van der Waals surface area contributed by atoms with Crippen molar-refractivity contribution in [3.05, 3.63) is 53.0 Å². The monoisotopic (exact) mass is 444 g/mol. The standard InChI is InChI=1S/C22H27FN5O2S/c1-12(29)31(30)28-9-5-13(6-10-28)14-3-4-15-18(19(15)20(14)23)16-11-17-21(22(24-2)27-16)26-8-7-25-17/h3-4,7-8,11,13,15,18-19,22,24,27,29H,5-6,9-10H2,1-2H3/q-1. The van der Waals surface area contributed by atoms with Crippen molar-refractivity contribution >= 4 is 21.7 Å². The minimum absolute atomic E-state index is 0.00405. The van der Waals surface area contributed by atoms with Crippen molar-refractivity contribution in [3.63, 3.8) is 0 Å². The number of halogens is 1. The van der Waals surface area contributed by atoms with E-state index in [9.17, 15) is 9.32 Å².